The minimum atomic E-state index is -0.352. The molecule has 0 saturated carbocycles. The van der Waals surface area contributed by atoms with Crippen LogP contribution >= 0.6 is 0 Å². The summed E-state index contributed by atoms with van der Waals surface area (Å²) < 4.78 is 14.0. The van der Waals surface area contributed by atoms with Crippen molar-refractivity contribution in [2.45, 2.75) is 26.3 Å². The maximum Gasteiger partial charge on any atom is 0.151 e. The second kappa shape index (κ2) is 5.31. The van der Waals surface area contributed by atoms with Crippen LogP contribution in [-0.2, 0) is 0 Å². The summed E-state index contributed by atoms with van der Waals surface area (Å²) >= 11 is 0. The average molecular weight is 256 g/mol. The van der Waals surface area contributed by atoms with Crippen molar-refractivity contribution in [3.8, 4) is 0 Å². The van der Waals surface area contributed by atoms with Gasteiger partial charge in [0.05, 0.1) is 11.3 Å². The van der Waals surface area contributed by atoms with Gasteiger partial charge in [0.15, 0.2) is 5.82 Å². The van der Waals surface area contributed by atoms with E-state index in [4.69, 9.17) is 0 Å². The molecule has 0 N–H and O–H groups in total. The van der Waals surface area contributed by atoms with Crippen molar-refractivity contribution >= 4 is 5.71 Å². The van der Waals surface area contributed by atoms with Gasteiger partial charge in [-0.05, 0) is 32.9 Å². The fourth-order valence-corrected chi connectivity index (χ4v) is 1.75. The van der Waals surface area contributed by atoms with Crippen molar-refractivity contribution in [3.63, 3.8) is 0 Å². The zero-order valence-corrected chi connectivity index (χ0v) is 11.4. The summed E-state index contributed by atoms with van der Waals surface area (Å²) in [6, 6.07) is 12.6. The van der Waals surface area contributed by atoms with Crippen molar-refractivity contribution in [3.05, 3.63) is 65.7 Å². The van der Waals surface area contributed by atoms with Crippen molar-refractivity contribution in [2.24, 2.45) is 4.99 Å². The second-order valence-corrected chi connectivity index (χ2v) is 5.33. The Bertz CT molecular complexity index is 583. The quantitative estimate of drug-likeness (QED) is 0.749. The summed E-state index contributed by atoms with van der Waals surface area (Å²) in [5.41, 5.74) is 1.46. The van der Waals surface area contributed by atoms with Crippen LogP contribution in [0.3, 0.4) is 0 Å². The van der Waals surface area contributed by atoms with Gasteiger partial charge < -0.3 is 0 Å². The monoisotopic (exact) mass is 256 g/mol. The van der Waals surface area contributed by atoms with E-state index >= 15 is 0 Å². The summed E-state index contributed by atoms with van der Waals surface area (Å²) in [6.45, 7) is 5.95. The maximum atomic E-state index is 14.0. The van der Waals surface area contributed by atoms with E-state index in [1.54, 1.807) is 12.3 Å². The van der Waals surface area contributed by atoms with Gasteiger partial charge in [-0.1, -0.05) is 30.3 Å². The molecule has 0 bridgehead atoms. The minimum absolute atomic E-state index is 0.295. The van der Waals surface area contributed by atoms with Crippen molar-refractivity contribution in [1.82, 2.24) is 4.98 Å². The molecule has 0 radical (unpaired) electrons. The molecule has 98 valence electrons. The normalized spacial score (nSPS) is 12.5. The van der Waals surface area contributed by atoms with E-state index in [9.17, 15) is 4.39 Å². The standard InChI is InChI=1S/C16H17FN2/c1-16(2,3)19-14(12-8-5-4-6-9-12)15-13(17)10-7-11-18-15/h4-11H,1-3H3/b19-14+. The molecule has 1 heterocycles. The Kier molecular flexibility index (Phi) is 3.74. The van der Waals surface area contributed by atoms with Crippen LogP contribution in [0.25, 0.3) is 0 Å². The highest BCUT2D eigenvalue weighted by molar-refractivity contribution is 6.12. The molecule has 3 heteroatoms. The van der Waals surface area contributed by atoms with Crippen LogP contribution in [0.4, 0.5) is 4.39 Å². The second-order valence-electron chi connectivity index (χ2n) is 5.33. The fraction of sp³-hybridized carbons (Fsp3) is 0.250. The molecule has 2 aromatic rings. The average Bonchev–Trinajstić information content (AvgIpc) is 2.37. The summed E-state index contributed by atoms with van der Waals surface area (Å²) in [6.07, 6.45) is 1.58. The number of benzene rings is 1. The van der Waals surface area contributed by atoms with Gasteiger partial charge in [-0.2, -0.15) is 0 Å². The maximum absolute atomic E-state index is 14.0. The van der Waals surface area contributed by atoms with Gasteiger partial charge in [-0.25, -0.2) is 4.39 Å². The Hall–Kier alpha value is -2.03. The topological polar surface area (TPSA) is 25.2 Å². The molecule has 0 saturated heterocycles. The highest BCUT2D eigenvalue weighted by Crippen LogP contribution is 2.17. The Morgan fingerprint density at radius 2 is 1.74 bits per heavy atom. The first-order chi connectivity index (χ1) is 8.97. The van der Waals surface area contributed by atoms with Gasteiger partial charge in [-0.3, -0.25) is 9.98 Å². The first-order valence-electron chi connectivity index (χ1n) is 6.23. The molecule has 0 amide bonds. The van der Waals surface area contributed by atoms with Gasteiger partial charge >= 0.3 is 0 Å². The van der Waals surface area contributed by atoms with E-state index in [0.29, 0.717) is 11.4 Å². The zero-order chi connectivity index (χ0) is 13.9. The first-order valence-corrected chi connectivity index (χ1v) is 6.23. The predicted octanol–water partition coefficient (Wildman–Crippen LogP) is 3.86. The highest BCUT2D eigenvalue weighted by Gasteiger charge is 2.17. The third kappa shape index (κ3) is 3.47. The number of halogens is 1. The van der Waals surface area contributed by atoms with E-state index in [0.717, 1.165) is 5.56 Å². The Morgan fingerprint density at radius 3 is 2.32 bits per heavy atom. The predicted molar refractivity (Wildman–Crippen MR) is 76.0 cm³/mol. The van der Waals surface area contributed by atoms with E-state index in [1.807, 2.05) is 51.1 Å². The lowest BCUT2D eigenvalue weighted by Crippen LogP contribution is -2.17. The fourth-order valence-electron chi connectivity index (χ4n) is 1.75. The molecule has 0 atom stereocenters. The van der Waals surface area contributed by atoms with Crippen molar-refractivity contribution < 1.29 is 4.39 Å². The first kappa shape index (κ1) is 13.4. The third-order valence-electron chi connectivity index (χ3n) is 2.48. The van der Waals surface area contributed by atoms with E-state index in [2.05, 4.69) is 9.98 Å². The Labute approximate surface area is 113 Å². The molecule has 0 spiro atoms. The lowest BCUT2D eigenvalue weighted by molar-refractivity contribution is 0.581. The molecular weight excluding hydrogens is 239 g/mol. The van der Waals surface area contributed by atoms with Gasteiger partial charge in [0.1, 0.15) is 5.69 Å². The molecule has 0 fully saturated rings. The summed E-state index contributed by atoms with van der Waals surface area (Å²) in [5, 5.41) is 0. The summed E-state index contributed by atoms with van der Waals surface area (Å²) in [7, 11) is 0. The lowest BCUT2D eigenvalue weighted by atomic mass is 10.0. The van der Waals surface area contributed by atoms with E-state index < -0.39 is 0 Å². The largest absolute Gasteiger partial charge is 0.277 e. The number of aromatic nitrogens is 1. The molecule has 0 aliphatic heterocycles. The van der Waals surface area contributed by atoms with Crippen LogP contribution in [0.1, 0.15) is 32.0 Å². The molecule has 2 rings (SSSR count). The molecule has 1 aromatic heterocycles. The number of rotatable bonds is 2. The van der Waals surface area contributed by atoms with E-state index in [1.165, 1.54) is 6.07 Å². The smallest absolute Gasteiger partial charge is 0.151 e. The van der Waals surface area contributed by atoms with Gasteiger partial charge in [0.2, 0.25) is 0 Å². The molecule has 0 unspecified atom stereocenters. The highest BCUT2D eigenvalue weighted by atomic mass is 19.1. The zero-order valence-electron chi connectivity index (χ0n) is 11.4. The third-order valence-corrected chi connectivity index (χ3v) is 2.48. The lowest BCUT2D eigenvalue weighted by Gasteiger charge is -2.16. The van der Waals surface area contributed by atoms with Crippen LogP contribution in [0.2, 0.25) is 0 Å². The summed E-state index contributed by atoms with van der Waals surface area (Å²) in [4.78, 5) is 8.76. The summed E-state index contributed by atoms with van der Waals surface area (Å²) in [5.74, 6) is -0.352. The number of hydrogen-bond acceptors (Lipinski definition) is 2. The van der Waals surface area contributed by atoms with Crippen LogP contribution < -0.4 is 0 Å². The minimum Gasteiger partial charge on any atom is -0.277 e. The molecule has 0 aliphatic rings. The van der Waals surface area contributed by atoms with E-state index in [-0.39, 0.29) is 11.4 Å². The SMILES string of the molecule is CC(C)(C)/N=C(\c1ccccc1)c1ncccc1F. The van der Waals surface area contributed by atoms with Gasteiger partial charge in [0, 0.05) is 11.8 Å². The molecule has 1 aromatic carbocycles. The molecule has 19 heavy (non-hydrogen) atoms. The number of aliphatic imine (C=N–C) groups is 1. The molecule has 2 nitrogen and oxygen atoms in total. The van der Waals surface area contributed by atoms with Crippen LogP contribution in [0.5, 0.6) is 0 Å². The molecule has 0 aliphatic carbocycles. The number of nitrogens with zero attached hydrogens (tertiary/aromatic N) is 2. The van der Waals surface area contributed by atoms with Gasteiger partial charge in [-0.15, -0.1) is 0 Å². The van der Waals surface area contributed by atoms with Crippen LogP contribution in [0, 0.1) is 5.82 Å². The van der Waals surface area contributed by atoms with Crippen LogP contribution in [-0.4, -0.2) is 16.2 Å². The molecular formula is C16H17FN2. The van der Waals surface area contributed by atoms with Crippen molar-refractivity contribution in [2.75, 3.05) is 0 Å². The number of pyridine rings is 1. The Morgan fingerprint density at radius 1 is 1.05 bits per heavy atom. The Balaban J connectivity index is 2.60. The van der Waals surface area contributed by atoms with Crippen LogP contribution in [0.15, 0.2) is 53.7 Å². The number of hydrogen-bond donors (Lipinski definition) is 0. The van der Waals surface area contributed by atoms with Crippen molar-refractivity contribution in [1.29, 1.82) is 0 Å². The van der Waals surface area contributed by atoms with Gasteiger partial charge in [0.25, 0.3) is 0 Å².